The third kappa shape index (κ3) is 5.77. The van der Waals surface area contributed by atoms with E-state index in [2.05, 4.69) is 29.1 Å². The maximum atomic E-state index is 11.4. The minimum Gasteiger partial charge on any atom is -0.368 e. The number of carbonyl (C=O) groups is 1. The van der Waals surface area contributed by atoms with Gasteiger partial charge in [0.05, 0.1) is 6.04 Å². The highest BCUT2D eigenvalue weighted by Crippen LogP contribution is 2.15. The molecule has 1 heterocycles. The maximum Gasteiger partial charge on any atom is 0.234 e. The number of carbonyl (C=O) groups excluding carboxylic acids is 1. The number of hydrogen-bond donors (Lipinski definition) is 2. The van der Waals surface area contributed by atoms with E-state index in [1.54, 1.807) is 0 Å². The van der Waals surface area contributed by atoms with Crippen LogP contribution in [0.5, 0.6) is 0 Å². The lowest BCUT2D eigenvalue weighted by Gasteiger charge is -2.36. The first-order valence-corrected chi connectivity index (χ1v) is 7.92. The Bertz CT molecular complexity index is 288. The van der Waals surface area contributed by atoms with E-state index < -0.39 is 0 Å². The number of nitrogens with zero attached hydrogens (tertiary/aromatic N) is 2. The van der Waals surface area contributed by atoms with E-state index in [1.807, 2.05) is 13.8 Å². The molecule has 0 bridgehead atoms. The van der Waals surface area contributed by atoms with Crippen molar-refractivity contribution in [1.29, 1.82) is 0 Å². The standard InChI is InChI=1S/C15H32N4O/c1-5-19-10-6-13(7-11-19)18(4)9-8-14(15(16)20)17-12(2)3/h12-14,17H,5-11H2,1-4H3,(H2,16,20). The van der Waals surface area contributed by atoms with Crippen LogP contribution in [0.15, 0.2) is 0 Å². The SMILES string of the molecule is CCN1CCC(N(C)CCC(NC(C)C)C(N)=O)CC1. The van der Waals surface area contributed by atoms with Gasteiger partial charge in [0.2, 0.25) is 5.91 Å². The Balaban J connectivity index is 2.34. The van der Waals surface area contributed by atoms with Crippen LogP contribution in [0.2, 0.25) is 0 Å². The van der Waals surface area contributed by atoms with Crippen molar-refractivity contribution < 1.29 is 4.79 Å². The molecule has 0 radical (unpaired) electrons. The highest BCUT2D eigenvalue weighted by atomic mass is 16.1. The number of nitrogens with two attached hydrogens (primary N) is 1. The number of amides is 1. The molecule has 1 atom stereocenters. The molecule has 1 aliphatic rings. The monoisotopic (exact) mass is 284 g/mol. The Kier molecular flexibility index (Phi) is 7.48. The lowest BCUT2D eigenvalue weighted by Crippen LogP contribution is -2.48. The van der Waals surface area contributed by atoms with E-state index in [9.17, 15) is 4.79 Å². The topological polar surface area (TPSA) is 61.6 Å². The molecule has 1 amide bonds. The molecule has 1 saturated heterocycles. The smallest absolute Gasteiger partial charge is 0.234 e. The van der Waals surface area contributed by atoms with E-state index in [1.165, 1.54) is 25.9 Å². The molecule has 0 saturated carbocycles. The van der Waals surface area contributed by atoms with Gasteiger partial charge in [-0.3, -0.25) is 4.79 Å². The molecule has 1 unspecified atom stereocenters. The molecule has 1 fully saturated rings. The van der Waals surface area contributed by atoms with E-state index in [0.29, 0.717) is 6.04 Å². The first-order chi connectivity index (χ1) is 9.43. The van der Waals surface area contributed by atoms with Crippen LogP contribution in [0.1, 0.15) is 40.0 Å². The Labute approximate surface area is 123 Å². The summed E-state index contributed by atoms with van der Waals surface area (Å²) in [5, 5.41) is 3.24. The lowest BCUT2D eigenvalue weighted by atomic mass is 10.0. The molecule has 5 heteroatoms. The molecule has 0 aromatic rings. The molecule has 1 aliphatic heterocycles. The van der Waals surface area contributed by atoms with Gasteiger partial charge < -0.3 is 20.9 Å². The zero-order valence-electron chi connectivity index (χ0n) is 13.6. The van der Waals surface area contributed by atoms with E-state index in [0.717, 1.165) is 19.5 Å². The van der Waals surface area contributed by atoms with Crippen LogP contribution >= 0.6 is 0 Å². The van der Waals surface area contributed by atoms with Gasteiger partial charge in [-0.2, -0.15) is 0 Å². The van der Waals surface area contributed by atoms with Crippen molar-refractivity contribution in [2.24, 2.45) is 5.73 Å². The van der Waals surface area contributed by atoms with Crippen LogP contribution in [0.25, 0.3) is 0 Å². The van der Waals surface area contributed by atoms with Crippen LogP contribution in [-0.4, -0.2) is 67.1 Å². The van der Waals surface area contributed by atoms with Gasteiger partial charge in [-0.15, -0.1) is 0 Å². The first kappa shape index (κ1) is 17.4. The van der Waals surface area contributed by atoms with Crippen LogP contribution in [-0.2, 0) is 4.79 Å². The zero-order chi connectivity index (χ0) is 15.1. The molecular weight excluding hydrogens is 252 g/mol. The Morgan fingerprint density at radius 3 is 2.45 bits per heavy atom. The first-order valence-electron chi connectivity index (χ1n) is 7.92. The molecule has 0 aliphatic carbocycles. The second-order valence-electron chi connectivity index (χ2n) is 6.21. The Morgan fingerprint density at radius 2 is 2.00 bits per heavy atom. The van der Waals surface area contributed by atoms with Gasteiger partial charge in [-0.05, 0) is 45.9 Å². The van der Waals surface area contributed by atoms with Crippen LogP contribution < -0.4 is 11.1 Å². The normalized spacial score (nSPS) is 19.7. The zero-order valence-corrected chi connectivity index (χ0v) is 13.6. The number of piperidine rings is 1. The van der Waals surface area contributed by atoms with Gasteiger partial charge >= 0.3 is 0 Å². The predicted octanol–water partition coefficient (Wildman–Crippen LogP) is 0.645. The fraction of sp³-hybridized carbons (Fsp3) is 0.933. The van der Waals surface area contributed by atoms with Gasteiger partial charge in [0, 0.05) is 18.6 Å². The summed E-state index contributed by atoms with van der Waals surface area (Å²) in [6.07, 6.45) is 3.24. The van der Waals surface area contributed by atoms with Gasteiger partial charge in [0.15, 0.2) is 0 Å². The second-order valence-corrected chi connectivity index (χ2v) is 6.21. The summed E-state index contributed by atoms with van der Waals surface area (Å²) >= 11 is 0. The number of nitrogens with one attached hydrogen (secondary N) is 1. The van der Waals surface area contributed by atoms with Crippen molar-refractivity contribution in [3.63, 3.8) is 0 Å². The molecule has 20 heavy (non-hydrogen) atoms. The van der Waals surface area contributed by atoms with Crippen molar-refractivity contribution in [2.45, 2.75) is 58.2 Å². The number of hydrogen-bond acceptors (Lipinski definition) is 4. The largest absolute Gasteiger partial charge is 0.368 e. The summed E-state index contributed by atoms with van der Waals surface area (Å²) in [5.41, 5.74) is 5.46. The van der Waals surface area contributed by atoms with Crippen molar-refractivity contribution in [2.75, 3.05) is 33.2 Å². The molecular formula is C15H32N4O. The van der Waals surface area contributed by atoms with Crippen molar-refractivity contribution in [3.05, 3.63) is 0 Å². The second kappa shape index (κ2) is 8.60. The Hall–Kier alpha value is -0.650. The Morgan fingerprint density at radius 1 is 1.40 bits per heavy atom. The third-order valence-corrected chi connectivity index (χ3v) is 4.28. The summed E-state index contributed by atoms with van der Waals surface area (Å²) < 4.78 is 0. The summed E-state index contributed by atoms with van der Waals surface area (Å²) in [7, 11) is 2.17. The number of primary amides is 1. The summed E-state index contributed by atoms with van der Waals surface area (Å²) in [5.74, 6) is -0.243. The van der Waals surface area contributed by atoms with Crippen molar-refractivity contribution >= 4 is 5.91 Å². The highest BCUT2D eigenvalue weighted by molar-refractivity contribution is 5.79. The minimum atomic E-state index is -0.243. The quantitative estimate of drug-likeness (QED) is 0.687. The van der Waals surface area contributed by atoms with Crippen molar-refractivity contribution in [3.8, 4) is 0 Å². The fourth-order valence-electron chi connectivity index (χ4n) is 2.90. The molecule has 0 aromatic carbocycles. The lowest BCUT2D eigenvalue weighted by molar-refractivity contribution is -0.120. The minimum absolute atomic E-state index is 0.215. The van der Waals surface area contributed by atoms with Gasteiger partial charge in [0.25, 0.3) is 0 Å². The van der Waals surface area contributed by atoms with Crippen LogP contribution in [0.3, 0.4) is 0 Å². The van der Waals surface area contributed by atoms with E-state index in [-0.39, 0.29) is 18.0 Å². The molecule has 3 N–H and O–H groups in total. The summed E-state index contributed by atoms with van der Waals surface area (Å²) in [4.78, 5) is 16.3. The van der Waals surface area contributed by atoms with Gasteiger partial charge in [0.1, 0.15) is 0 Å². The number of rotatable bonds is 8. The maximum absolute atomic E-state index is 11.4. The van der Waals surface area contributed by atoms with Gasteiger partial charge in [-0.1, -0.05) is 20.8 Å². The predicted molar refractivity (Wildman–Crippen MR) is 83.6 cm³/mol. The fourth-order valence-corrected chi connectivity index (χ4v) is 2.90. The molecule has 5 nitrogen and oxygen atoms in total. The number of likely N-dealkylation sites (tertiary alicyclic amines) is 1. The highest BCUT2D eigenvalue weighted by Gasteiger charge is 2.23. The average Bonchev–Trinajstić information content (AvgIpc) is 2.42. The average molecular weight is 284 g/mol. The van der Waals surface area contributed by atoms with E-state index >= 15 is 0 Å². The summed E-state index contributed by atoms with van der Waals surface area (Å²) in [6.45, 7) is 10.8. The van der Waals surface area contributed by atoms with Crippen LogP contribution in [0.4, 0.5) is 0 Å². The molecule has 118 valence electrons. The van der Waals surface area contributed by atoms with Crippen molar-refractivity contribution in [1.82, 2.24) is 15.1 Å². The van der Waals surface area contributed by atoms with Gasteiger partial charge in [-0.25, -0.2) is 0 Å². The summed E-state index contributed by atoms with van der Waals surface area (Å²) in [6, 6.07) is 0.712. The molecule has 0 spiro atoms. The molecule has 0 aromatic heterocycles. The molecule has 1 rings (SSSR count). The third-order valence-electron chi connectivity index (χ3n) is 4.28. The van der Waals surface area contributed by atoms with E-state index in [4.69, 9.17) is 5.73 Å². The van der Waals surface area contributed by atoms with Crippen LogP contribution in [0, 0.1) is 0 Å².